The number of rotatable bonds is 69. The summed E-state index contributed by atoms with van der Waals surface area (Å²) in [6.07, 6.45) is 45.7. The number of ether oxygens (including phenoxy) is 4. The number of phosphoric ester groups is 2. The Kier molecular flexibility index (Phi) is 60.6. The molecule has 0 saturated carbocycles. The molecule has 0 amide bonds. The molecule has 0 aliphatic heterocycles. The summed E-state index contributed by atoms with van der Waals surface area (Å²) < 4.78 is 68.3. The summed E-state index contributed by atoms with van der Waals surface area (Å²) >= 11 is 0. The zero-order valence-corrected chi connectivity index (χ0v) is 60.4. The van der Waals surface area contributed by atoms with Gasteiger partial charge in [-0.3, -0.25) is 37.3 Å². The standard InChI is InChI=1S/C71H138O17P2/c1-8-10-11-12-13-14-15-18-25-32-40-47-54-70(75)88-67(59-82-69(74)53-46-39-34-27-29-36-43-50-63(5)6)61-86-90(79,80)84-57-65(72)56-83-89(77,78)85-60-66(87-71(76)55-48-41-33-26-19-16-17-22-28-35-42-49-62(3)4)58-81-68(73)52-45-38-31-24-21-20-23-30-37-44-51-64(7)9-2/h62-67,72H,8-61H2,1-7H3,(H,77,78)(H,79,80)/t64?,65-,66-,67-/m1/s1. The van der Waals surface area contributed by atoms with E-state index in [2.05, 4.69) is 48.5 Å². The fraction of sp³-hybridized carbons (Fsp3) is 0.944. The number of hydrogen-bond acceptors (Lipinski definition) is 15. The first-order chi connectivity index (χ1) is 43.3. The van der Waals surface area contributed by atoms with Crippen molar-refractivity contribution in [2.24, 2.45) is 17.8 Å². The minimum absolute atomic E-state index is 0.106. The van der Waals surface area contributed by atoms with E-state index in [9.17, 15) is 43.2 Å². The number of unbranched alkanes of at least 4 members (excludes halogenated alkanes) is 36. The molecular weight excluding hydrogens is 1190 g/mol. The molecule has 0 aromatic heterocycles. The van der Waals surface area contributed by atoms with Crippen LogP contribution in [0.4, 0.5) is 0 Å². The van der Waals surface area contributed by atoms with Gasteiger partial charge in [0.2, 0.25) is 0 Å². The lowest BCUT2D eigenvalue weighted by Crippen LogP contribution is -2.30. The molecule has 3 N–H and O–H groups in total. The van der Waals surface area contributed by atoms with Crippen LogP contribution in [0.15, 0.2) is 0 Å². The number of esters is 4. The van der Waals surface area contributed by atoms with Crippen LogP contribution in [-0.4, -0.2) is 96.7 Å². The Hall–Kier alpha value is -1.94. The fourth-order valence-corrected chi connectivity index (χ4v) is 12.3. The topological polar surface area (TPSA) is 237 Å². The molecule has 0 aliphatic rings. The molecule has 17 nitrogen and oxygen atoms in total. The molecule has 0 aliphatic carbocycles. The molecule has 3 unspecified atom stereocenters. The van der Waals surface area contributed by atoms with Crippen molar-refractivity contribution in [2.75, 3.05) is 39.6 Å². The maximum absolute atomic E-state index is 13.0. The maximum Gasteiger partial charge on any atom is 0.472 e. The Morgan fingerprint density at radius 1 is 0.322 bits per heavy atom. The highest BCUT2D eigenvalue weighted by Crippen LogP contribution is 2.45. The van der Waals surface area contributed by atoms with Gasteiger partial charge in [0.25, 0.3) is 0 Å². The summed E-state index contributed by atoms with van der Waals surface area (Å²) in [5.41, 5.74) is 0. The summed E-state index contributed by atoms with van der Waals surface area (Å²) in [5.74, 6) is 0.156. The van der Waals surface area contributed by atoms with Crippen LogP contribution in [0.1, 0.15) is 357 Å². The highest BCUT2D eigenvalue weighted by molar-refractivity contribution is 7.47. The van der Waals surface area contributed by atoms with Crippen molar-refractivity contribution in [3.63, 3.8) is 0 Å². The molecular formula is C71H138O17P2. The SMILES string of the molecule is CCCCCCCCCCCCCCC(=O)O[C@H](COC(=O)CCCCCCCCCC(C)C)COP(=O)(O)OC[C@H](O)COP(=O)(O)OC[C@@H](COC(=O)CCCCCCCCCCCCC(C)CC)OC(=O)CCCCCCCCCCCCCC(C)C. The average molecular weight is 1330 g/mol. The van der Waals surface area contributed by atoms with Crippen molar-refractivity contribution in [3.05, 3.63) is 0 Å². The number of carbonyl (C=O) groups is 4. The Labute approximate surface area is 549 Å². The highest BCUT2D eigenvalue weighted by Gasteiger charge is 2.30. The van der Waals surface area contributed by atoms with Crippen LogP contribution in [0.2, 0.25) is 0 Å². The number of phosphoric acid groups is 2. The number of aliphatic hydroxyl groups excluding tert-OH is 1. The number of hydrogen-bond donors (Lipinski definition) is 3. The van der Waals surface area contributed by atoms with Crippen molar-refractivity contribution in [1.82, 2.24) is 0 Å². The van der Waals surface area contributed by atoms with E-state index in [0.29, 0.717) is 31.6 Å². The summed E-state index contributed by atoms with van der Waals surface area (Å²) in [4.78, 5) is 72.6. The Bertz CT molecular complexity index is 1770. The molecule has 90 heavy (non-hydrogen) atoms. The second-order valence-corrected chi connectivity index (χ2v) is 29.7. The molecule has 0 fully saturated rings. The smallest absolute Gasteiger partial charge is 0.462 e. The molecule has 0 saturated heterocycles. The van der Waals surface area contributed by atoms with E-state index < -0.39 is 97.5 Å². The molecule has 19 heteroatoms. The maximum atomic E-state index is 13.0. The predicted molar refractivity (Wildman–Crippen MR) is 363 cm³/mol. The van der Waals surface area contributed by atoms with Crippen LogP contribution in [0.5, 0.6) is 0 Å². The zero-order chi connectivity index (χ0) is 66.6. The summed E-state index contributed by atoms with van der Waals surface area (Å²) in [6.45, 7) is 11.8. The summed E-state index contributed by atoms with van der Waals surface area (Å²) in [7, 11) is -9.90. The van der Waals surface area contributed by atoms with E-state index in [1.165, 1.54) is 161 Å². The summed E-state index contributed by atoms with van der Waals surface area (Å²) in [6, 6.07) is 0. The van der Waals surface area contributed by atoms with Crippen molar-refractivity contribution in [2.45, 2.75) is 375 Å². The van der Waals surface area contributed by atoms with Crippen LogP contribution < -0.4 is 0 Å². The first-order valence-corrected chi connectivity index (χ1v) is 39.9. The van der Waals surface area contributed by atoms with Gasteiger partial charge in [0, 0.05) is 25.7 Å². The fourth-order valence-electron chi connectivity index (χ4n) is 10.7. The first-order valence-electron chi connectivity index (χ1n) is 36.9. The minimum Gasteiger partial charge on any atom is -0.462 e. The molecule has 0 rings (SSSR count). The molecule has 6 atom stereocenters. The predicted octanol–water partition coefficient (Wildman–Crippen LogP) is 20.2. The monoisotopic (exact) mass is 1320 g/mol. The number of aliphatic hydroxyl groups is 1. The van der Waals surface area contributed by atoms with Gasteiger partial charge in [0.1, 0.15) is 19.3 Å². The van der Waals surface area contributed by atoms with E-state index >= 15 is 0 Å². The van der Waals surface area contributed by atoms with Gasteiger partial charge in [-0.15, -0.1) is 0 Å². The van der Waals surface area contributed by atoms with Crippen LogP contribution >= 0.6 is 15.6 Å². The highest BCUT2D eigenvalue weighted by atomic mass is 31.2. The van der Waals surface area contributed by atoms with Gasteiger partial charge >= 0.3 is 39.5 Å². The van der Waals surface area contributed by atoms with Crippen LogP contribution in [0.25, 0.3) is 0 Å². The van der Waals surface area contributed by atoms with Crippen molar-refractivity contribution in [1.29, 1.82) is 0 Å². The van der Waals surface area contributed by atoms with E-state index in [4.69, 9.17) is 37.0 Å². The average Bonchev–Trinajstić information content (AvgIpc) is 3.36. The first kappa shape index (κ1) is 88.1. The lowest BCUT2D eigenvalue weighted by molar-refractivity contribution is -0.161. The molecule has 0 aromatic rings. The zero-order valence-electron chi connectivity index (χ0n) is 58.6. The van der Waals surface area contributed by atoms with Gasteiger partial charge < -0.3 is 33.8 Å². The van der Waals surface area contributed by atoms with Crippen molar-refractivity contribution >= 4 is 39.5 Å². The number of carbonyl (C=O) groups excluding carboxylic acids is 4. The lowest BCUT2D eigenvalue weighted by atomic mass is 9.99. The van der Waals surface area contributed by atoms with Gasteiger partial charge in [0.15, 0.2) is 12.2 Å². The molecule has 0 bridgehead atoms. The molecule has 534 valence electrons. The Balaban J connectivity index is 5.26. The van der Waals surface area contributed by atoms with Crippen LogP contribution in [0.3, 0.4) is 0 Å². The lowest BCUT2D eigenvalue weighted by Gasteiger charge is -2.21. The largest absolute Gasteiger partial charge is 0.472 e. The van der Waals surface area contributed by atoms with Crippen molar-refractivity contribution < 1.29 is 80.2 Å². The Morgan fingerprint density at radius 3 is 0.844 bits per heavy atom. The second-order valence-electron chi connectivity index (χ2n) is 26.8. The minimum atomic E-state index is -4.95. The van der Waals surface area contributed by atoms with E-state index in [1.807, 2.05) is 0 Å². The van der Waals surface area contributed by atoms with E-state index in [0.717, 1.165) is 108 Å². The van der Waals surface area contributed by atoms with Gasteiger partial charge in [-0.05, 0) is 43.4 Å². The summed E-state index contributed by atoms with van der Waals surface area (Å²) in [5, 5.41) is 10.6. The second kappa shape index (κ2) is 61.9. The van der Waals surface area contributed by atoms with E-state index in [-0.39, 0.29) is 25.7 Å². The third-order valence-electron chi connectivity index (χ3n) is 16.7. The molecule has 0 radical (unpaired) electrons. The van der Waals surface area contributed by atoms with Gasteiger partial charge in [-0.25, -0.2) is 9.13 Å². The quantitative estimate of drug-likeness (QED) is 0.0222. The van der Waals surface area contributed by atoms with Gasteiger partial charge in [-0.1, -0.05) is 305 Å². The third-order valence-corrected chi connectivity index (χ3v) is 18.6. The Morgan fingerprint density at radius 2 is 0.567 bits per heavy atom. The van der Waals surface area contributed by atoms with Gasteiger partial charge in [0.05, 0.1) is 26.4 Å². The molecule has 0 heterocycles. The van der Waals surface area contributed by atoms with Crippen LogP contribution in [0, 0.1) is 17.8 Å². The van der Waals surface area contributed by atoms with Gasteiger partial charge in [-0.2, -0.15) is 0 Å². The molecule has 0 aromatic carbocycles. The normalized spacial score (nSPS) is 14.5. The van der Waals surface area contributed by atoms with Crippen LogP contribution in [-0.2, 0) is 65.4 Å². The van der Waals surface area contributed by atoms with E-state index in [1.54, 1.807) is 0 Å². The van der Waals surface area contributed by atoms with Crippen molar-refractivity contribution in [3.8, 4) is 0 Å². The molecule has 0 spiro atoms. The third kappa shape index (κ3) is 63.5.